The molecule has 9 rings (SSSR count). The number of benzene rings is 3. The number of likely N-dealkylation sites (tertiary alicyclic amines) is 2. The number of ether oxygens (including phenoxy) is 2. The summed E-state index contributed by atoms with van der Waals surface area (Å²) in [5.74, 6) is -2.08. The molecule has 0 aliphatic carbocycles. The minimum atomic E-state index is -3.78. The molecule has 70 heavy (non-hydrogen) atoms. The standard InChI is InChI=1S/C49H52Cl2FN9O8S/c1-49(2,31-21-29(25-53)44(39(51)22-31)68-20-14-50)30-3-5-35(6-4-30)69-28-32-9-15-54-48(55-32)57-70(66,67)36-12-18-58(19-13-36)33-10-16-59(17-11-33)34-26-60(27-34)42-24-38-37(23-40(42)52)46(64)61(47(38)65)41-7-8-43(62)56-45(41)63/h3-6,9,15,21-24,33-34,36,41H,7-8,10-14,16-20,26-28H2,1-2H3,(H,54,55,57)(H,56,62,63). The average Bonchev–Trinajstić information content (AvgIpc) is 3.56. The van der Waals surface area contributed by atoms with Crippen LogP contribution in [-0.4, -0.2) is 132 Å². The van der Waals surface area contributed by atoms with Gasteiger partial charge in [0.15, 0.2) is 5.75 Å². The number of sulfonamides is 1. The van der Waals surface area contributed by atoms with E-state index >= 15 is 4.39 Å². The van der Waals surface area contributed by atoms with Crippen molar-refractivity contribution < 1.29 is 41.5 Å². The van der Waals surface area contributed by atoms with Gasteiger partial charge in [-0.25, -0.2) is 22.8 Å². The van der Waals surface area contributed by atoms with Gasteiger partial charge in [-0.3, -0.25) is 39.0 Å². The fourth-order valence-electron chi connectivity index (χ4n) is 10.1. The van der Waals surface area contributed by atoms with Gasteiger partial charge in [0.25, 0.3) is 11.8 Å². The molecule has 5 aliphatic heterocycles. The lowest BCUT2D eigenvalue weighted by molar-refractivity contribution is -0.136. The number of carbonyl (C=O) groups is 4. The molecule has 4 amide bonds. The second-order valence-electron chi connectivity index (χ2n) is 18.8. The number of nitrogens with zero attached hydrogens (tertiary/aromatic N) is 7. The fraction of sp³-hybridized carbons (Fsp3) is 0.449. The van der Waals surface area contributed by atoms with Crippen LogP contribution in [0.15, 0.2) is 60.8 Å². The Morgan fingerprint density at radius 1 is 0.886 bits per heavy atom. The van der Waals surface area contributed by atoms with Gasteiger partial charge in [-0.1, -0.05) is 37.6 Å². The van der Waals surface area contributed by atoms with Crippen molar-refractivity contribution in [2.45, 2.75) is 87.8 Å². The SMILES string of the molecule is CC(C)(c1ccc(OCc2ccnc(NS(=O)(=O)C3CCN(C4CCN(C5CN(c6cc7c(cc6F)C(=O)N(C6CCC(=O)NC6=O)C7=O)C5)CC4)CC3)n2)cc1)c1cc(Cl)c(OCCCl)c(C#N)c1. The predicted molar refractivity (Wildman–Crippen MR) is 258 cm³/mol. The molecule has 6 heterocycles. The smallest absolute Gasteiger partial charge is 0.262 e. The molecule has 4 saturated heterocycles. The average molecular weight is 1020 g/mol. The van der Waals surface area contributed by atoms with Crippen LogP contribution in [0.3, 0.4) is 0 Å². The van der Waals surface area contributed by atoms with Gasteiger partial charge in [-0.05, 0) is 98.8 Å². The second kappa shape index (κ2) is 20.1. The van der Waals surface area contributed by atoms with Gasteiger partial charge >= 0.3 is 0 Å². The number of carbonyl (C=O) groups excluding carboxylic acids is 4. The number of aromatic nitrogens is 2. The molecule has 0 bridgehead atoms. The molecule has 17 nitrogen and oxygen atoms in total. The topological polar surface area (TPSA) is 207 Å². The van der Waals surface area contributed by atoms with Crippen LogP contribution in [0.2, 0.25) is 5.02 Å². The van der Waals surface area contributed by atoms with Crippen molar-refractivity contribution in [2.75, 3.05) is 61.4 Å². The lowest BCUT2D eigenvalue weighted by Gasteiger charge is -2.50. The van der Waals surface area contributed by atoms with E-state index in [4.69, 9.17) is 32.7 Å². The van der Waals surface area contributed by atoms with Gasteiger partial charge in [0.1, 0.15) is 36.9 Å². The fourth-order valence-corrected chi connectivity index (χ4v) is 11.8. The highest BCUT2D eigenvalue weighted by Crippen LogP contribution is 2.40. The quantitative estimate of drug-likeness (QED) is 0.110. The van der Waals surface area contributed by atoms with E-state index in [1.807, 2.05) is 43.0 Å². The molecule has 368 valence electrons. The molecule has 0 radical (unpaired) electrons. The lowest BCUT2D eigenvalue weighted by Crippen LogP contribution is -2.62. The third-order valence-corrected chi connectivity index (χ3v) is 16.5. The van der Waals surface area contributed by atoms with Crippen LogP contribution in [0.1, 0.15) is 95.5 Å². The number of nitrogens with one attached hydrogen (secondary N) is 2. The van der Waals surface area contributed by atoms with Crippen LogP contribution < -0.4 is 24.4 Å². The largest absolute Gasteiger partial charge is 0.489 e. The molecule has 1 atom stereocenters. The molecular weight excluding hydrogens is 965 g/mol. The summed E-state index contributed by atoms with van der Waals surface area (Å²) in [6.07, 6.45) is 4.28. The number of halogens is 3. The summed E-state index contributed by atoms with van der Waals surface area (Å²) in [6, 6.07) is 16.8. The summed E-state index contributed by atoms with van der Waals surface area (Å²) in [6.45, 7) is 8.44. The van der Waals surface area contributed by atoms with Crippen LogP contribution in [0.5, 0.6) is 11.5 Å². The van der Waals surface area contributed by atoms with E-state index in [-0.39, 0.29) is 60.7 Å². The Morgan fingerprint density at radius 3 is 2.23 bits per heavy atom. The zero-order valence-electron chi connectivity index (χ0n) is 38.6. The van der Waals surface area contributed by atoms with Gasteiger partial charge < -0.3 is 19.3 Å². The predicted octanol–water partition coefficient (Wildman–Crippen LogP) is 5.62. The molecule has 4 fully saturated rings. The van der Waals surface area contributed by atoms with E-state index in [1.165, 1.54) is 12.3 Å². The molecule has 1 aromatic heterocycles. The van der Waals surface area contributed by atoms with Crippen LogP contribution in [0.4, 0.5) is 16.0 Å². The summed E-state index contributed by atoms with van der Waals surface area (Å²) in [5, 5.41) is 11.7. The first-order chi connectivity index (χ1) is 33.5. The highest BCUT2D eigenvalue weighted by Gasteiger charge is 2.46. The summed E-state index contributed by atoms with van der Waals surface area (Å²) in [4.78, 5) is 66.6. The van der Waals surface area contributed by atoms with Crippen molar-refractivity contribution >= 4 is 68.5 Å². The van der Waals surface area contributed by atoms with E-state index < -0.39 is 56.2 Å². The number of piperidine rings is 3. The van der Waals surface area contributed by atoms with Gasteiger partial charge in [0.2, 0.25) is 27.8 Å². The van der Waals surface area contributed by atoms with Crippen LogP contribution in [0, 0.1) is 17.1 Å². The number of rotatable bonds is 15. The third kappa shape index (κ3) is 9.89. The number of hydrogen-bond donors (Lipinski definition) is 2. The van der Waals surface area contributed by atoms with Crippen molar-refractivity contribution in [3.05, 3.63) is 105 Å². The first-order valence-electron chi connectivity index (χ1n) is 23.3. The van der Waals surface area contributed by atoms with Crippen molar-refractivity contribution in [1.82, 2.24) is 30.0 Å². The maximum absolute atomic E-state index is 15.4. The number of imide groups is 2. The Hall–Kier alpha value is -5.91. The zero-order valence-corrected chi connectivity index (χ0v) is 41.0. The van der Waals surface area contributed by atoms with E-state index in [0.29, 0.717) is 72.8 Å². The molecule has 0 saturated carbocycles. The Labute approximate surface area is 415 Å². The summed E-state index contributed by atoms with van der Waals surface area (Å²) < 4.78 is 56.9. The molecule has 5 aliphatic rings. The first kappa shape index (κ1) is 49.1. The van der Waals surface area contributed by atoms with E-state index in [0.717, 1.165) is 48.0 Å². The molecule has 2 N–H and O–H groups in total. The molecule has 4 aromatic rings. The van der Waals surface area contributed by atoms with Crippen molar-refractivity contribution in [2.24, 2.45) is 0 Å². The first-order valence-corrected chi connectivity index (χ1v) is 25.8. The Morgan fingerprint density at radius 2 is 1.56 bits per heavy atom. The van der Waals surface area contributed by atoms with E-state index in [1.54, 1.807) is 18.2 Å². The normalized spacial score (nSPS) is 20.0. The second-order valence-corrected chi connectivity index (χ2v) is 21.5. The van der Waals surface area contributed by atoms with Crippen molar-refractivity contribution in [3.63, 3.8) is 0 Å². The summed E-state index contributed by atoms with van der Waals surface area (Å²) >= 11 is 12.3. The summed E-state index contributed by atoms with van der Waals surface area (Å²) in [5.41, 5.74) is 2.29. The number of amides is 4. The van der Waals surface area contributed by atoms with Gasteiger partial charge in [-0.2, -0.15) is 5.26 Å². The van der Waals surface area contributed by atoms with Gasteiger partial charge in [-0.15, -0.1) is 11.6 Å². The molecule has 1 unspecified atom stereocenters. The Balaban J connectivity index is 0.718. The minimum absolute atomic E-state index is 0.00153. The minimum Gasteiger partial charge on any atom is -0.489 e. The number of anilines is 2. The van der Waals surface area contributed by atoms with Crippen LogP contribution >= 0.6 is 23.2 Å². The number of alkyl halides is 1. The Kier molecular flexibility index (Phi) is 14.1. The molecule has 3 aromatic carbocycles. The lowest BCUT2D eigenvalue weighted by atomic mass is 9.77. The molecular formula is C49H52Cl2FN9O8S. The molecule has 21 heteroatoms. The highest BCUT2D eigenvalue weighted by molar-refractivity contribution is 7.93. The Bertz CT molecular complexity index is 2860. The number of fused-ring (bicyclic) bond motifs is 1. The highest BCUT2D eigenvalue weighted by atomic mass is 35.5. The maximum Gasteiger partial charge on any atom is 0.262 e. The van der Waals surface area contributed by atoms with Crippen molar-refractivity contribution in [3.8, 4) is 17.6 Å². The van der Waals surface area contributed by atoms with E-state index in [2.05, 4.69) is 35.9 Å². The third-order valence-electron chi connectivity index (χ3n) is 14.3. The molecule has 0 spiro atoms. The zero-order chi connectivity index (χ0) is 49.5. The van der Waals surface area contributed by atoms with E-state index in [9.17, 15) is 32.9 Å². The van der Waals surface area contributed by atoms with Gasteiger partial charge in [0.05, 0.1) is 44.2 Å². The van der Waals surface area contributed by atoms with Crippen LogP contribution in [0.25, 0.3) is 0 Å². The number of hydrogen-bond acceptors (Lipinski definition) is 14. The van der Waals surface area contributed by atoms with Crippen LogP contribution in [-0.2, 0) is 31.6 Å². The monoisotopic (exact) mass is 1020 g/mol. The maximum atomic E-state index is 15.4. The van der Waals surface area contributed by atoms with Crippen molar-refractivity contribution in [1.29, 1.82) is 5.26 Å². The summed E-state index contributed by atoms with van der Waals surface area (Å²) in [7, 11) is -3.78. The number of nitriles is 1. The van der Waals surface area contributed by atoms with Gasteiger partial charge in [0, 0.05) is 56.3 Å².